The number of methoxy groups -OCH3 is 1. The van der Waals surface area contributed by atoms with Gasteiger partial charge in [0.05, 0.1) is 19.1 Å². The zero-order valence-electron chi connectivity index (χ0n) is 15.4. The highest BCUT2D eigenvalue weighted by atomic mass is 16.5. The molecule has 0 spiro atoms. The van der Waals surface area contributed by atoms with E-state index in [0.717, 1.165) is 44.4 Å². The number of allylic oxidation sites excluding steroid dienone is 1. The molecule has 4 aliphatic carbocycles. The minimum Gasteiger partial charge on any atom is -0.469 e. The van der Waals surface area contributed by atoms with Gasteiger partial charge in [-0.05, 0) is 80.0 Å². The molecule has 0 aliphatic heterocycles. The third kappa shape index (κ3) is 2.16. The van der Waals surface area contributed by atoms with Crippen molar-refractivity contribution in [3.05, 3.63) is 11.6 Å². The maximum Gasteiger partial charge on any atom is 0.309 e. The largest absolute Gasteiger partial charge is 0.469 e. The molecule has 4 aliphatic rings. The highest BCUT2D eigenvalue weighted by molar-refractivity contribution is 5.73. The lowest BCUT2D eigenvalue weighted by Crippen LogP contribution is -2.51. The van der Waals surface area contributed by atoms with E-state index in [9.17, 15) is 9.90 Å². The summed E-state index contributed by atoms with van der Waals surface area (Å²) in [4.78, 5) is 12.3. The van der Waals surface area contributed by atoms with Crippen molar-refractivity contribution in [1.82, 2.24) is 0 Å². The summed E-state index contributed by atoms with van der Waals surface area (Å²) in [7, 11) is 1.54. The van der Waals surface area contributed by atoms with E-state index in [-0.39, 0.29) is 28.8 Å². The van der Waals surface area contributed by atoms with Crippen molar-refractivity contribution in [3.8, 4) is 0 Å². The van der Waals surface area contributed by atoms with E-state index in [1.165, 1.54) is 25.5 Å². The molecule has 0 radical (unpaired) electrons. The Balaban J connectivity index is 1.64. The molecule has 3 saturated carbocycles. The molecular weight excluding hydrogens is 300 g/mol. The lowest BCUT2D eigenvalue weighted by molar-refractivity contribution is -0.152. The van der Waals surface area contributed by atoms with Crippen molar-refractivity contribution in [3.63, 3.8) is 0 Å². The van der Waals surface area contributed by atoms with Gasteiger partial charge in [-0.3, -0.25) is 4.79 Å². The lowest BCUT2D eigenvalue weighted by atomic mass is 9.47. The number of hydrogen-bond donors (Lipinski definition) is 1. The molecule has 0 aromatic rings. The van der Waals surface area contributed by atoms with Gasteiger partial charge in [-0.1, -0.05) is 25.5 Å². The molecule has 3 heteroatoms. The standard InChI is InChI=1S/C21H32O3/c1-20-10-8-14(22)12-13(20)4-5-15-16-6-7-18(19(23)24-3)21(16,2)11-9-17(15)20/h4,14-18,22H,5-12H2,1-3H3/t14-,15+,16+,17+,18-,20-,21-/m0/s1. The number of carbonyl (C=O) groups is 1. The van der Waals surface area contributed by atoms with Crippen LogP contribution in [0, 0.1) is 34.5 Å². The molecule has 4 rings (SSSR count). The van der Waals surface area contributed by atoms with E-state index < -0.39 is 0 Å². The number of ether oxygens (including phenoxy) is 1. The molecule has 1 N–H and O–H groups in total. The number of aliphatic hydroxyl groups excluding tert-OH is 1. The molecule has 0 aromatic carbocycles. The van der Waals surface area contributed by atoms with E-state index in [1.54, 1.807) is 0 Å². The van der Waals surface area contributed by atoms with E-state index in [4.69, 9.17) is 4.74 Å². The zero-order chi connectivity index (χ0) is 17.1. The highest BCUT2D eigenvalue weighted by Gasteiger charge is 2.60. The van der Waals surface area contributed by atoms with Gasteiger partial charge in [0.15, 0.2) is 0 Å². The first-order chi connectivity index (χ1) is 11.4. The average molecular weight is 332 g/mol. The number of hydrogen-bond acceptors (Lipinski definition) is 3. The van der Waals surface area contributed by atoms with Gasteiger partial charge in [0, 0.05) is 0 Å². The fraction of sp³-hybridized carbons (Fsp3) is 0.857. The van der Waals surface area contributed by atoms with Crippen LogP contribution in [0.15, 0.2) is 11.6 Å². The second kappa shape index (κ2) is 5.59. The third-order valence-electron chi connectivity index (χ3n) is 8.56. The SMILES string of the molecule is COC(=O)[C@@H]1CC[C@@H]2[C@H]3CC=C4C[C@@H](O)CC[C@]4(C)[C@@H]3CC[C@@]21C. The van der Waals surface area contributed by atoms with Crippen LogP contribution in [0.2, 0.25) is 0 Å². The first-order valence-corrected chi connectivity index (χ1v) is 9.85. The van der Waals surface area contributed by atoms with E-state index in [0.29, 0.717) is 11.8 Å². The van der Waals surface area contributed by atoms with Crippen molar-refractivity contribution < 1.29 is 14.6 Å². The zero-order valence-corrected chi connectivity index (χ0v) is 15.4. The number of esters is 1. The molecule has 0 heterocycles. The van der Waals surface area contributed by atoms with Gasteiger partial charge < -0.3 is 9.84 Å². The molecular formula is C21H32O3. The van der Waals surface area contributed by atoms with Crippen LogP contribution >= 0.6 is 0 Å². The van der Waals surface area contributed by atoms with Crippen molar-refractivity contribution >= 4 is 5.97 Å². The van der Waals surface area contributed by atoms with E-state index in [1.807, 2.05) is 0 Å². The van der Waals surface area contributed by atoms with Gasteiger partial charge >= 0.3 is 5.97 Å². The van der Waals surface area contributed by atoms with Gasteiger partial charge in [0.2, 0.25) is 0 Å². The molecule has 3 nitrogen and oxygen atoms in total. The minimum absolute atomic E-state index is 0.0116. The van der Waals surface area contributed by atoms with Crippen LogP contribution in [-0.2, 0) is 9.53 Å². The van der Waals surface area contributed by atoms with Gasteiger partial charge in [-0.15, -0.1) is 0 Å². The summed E-state index contributed by atoms with van der Waals surface area (Å²) in [5, 5.41) is 10.1. The summed E-state index contributed by atoms with van der Waals surface area (Å²) in [6.45, 7) is 4.81. The monoisotopic (exact) mass is 332 g/mol. The van der Waals surface area contributed by atoms with Gasteiger partial charge in [0.25, 0.3) is 0 Å². The lowest BCUT2D eigenvalue weighted by Gasteiger charge is -2.57. The van der Waals surface area contributed by atoms with Crippen LogP contribution in [-0.4, -0.2) is 24.3 Å². The Bertz CT molecular complexity index is 567. The van der Waals surface area contributed by atoms with E-state index in [2.05, 4.69) is 19.9 Å². The van der Waals surface area contributed by atoms with Crippen molar-refractivity contribution in [2.75, 3.05) is 7.11 Å². The molecule has 0 aromatic heterocycles. The van der Waals surface area contributed by atoms with Gasteiger partial charge in [-0.2, -0.15) is 0 Å². The molecule has 7 atom stereocenters. The van der Waals surface area contributed by atoms with Crippen molar-refractivity contribution in [1.29, 1.82) is 0 Å². The normalized spacial score (nSPS) is 50.3. The molecule has 0 amide bonds. The Hall–Kier alpha value is -0.830. The van der Waals surface area contributed by atoms with Crippen LogP contribution in [0.4, 0.5) is 0 Å². The Morgan fingerprint density at radius 1 is 1.17 bits per heavy atom. The average Bonchev–Trinajstić information content (AvgIpc) is 2.92. The van der Waals surface area contributed by atoms with Crippen molar-refractivity contribution in [2.45, 2.75) is 71.3 Å². The fourth-order valence-corrected chi connectivity index (χ4v) is 7.17. The molecule has 0 saturated heterocycles. The Morgan fingerprint density at radius 3 is 2.71 bits per heavy atom. The minimum atomic E-state index is -0.134. The summed E-state index contributed by atoms with van der Waals surface area (Å²) >= 11 is 0. The molecule has 134 valence electrons. The second-order valence-electron chi connectivity index (χ2n) is 9.35. The predicted molar refractivity (Wildman–Crippen MR) is 93.2 cm³/mol. The van der Waals surface area contributed by atoms with Crippen molar-refractivity contribution in [2.24, 2.45) is 34.5 Å². The quantitative estimate of drug-likeness (QED) is 0.581. The maximum absolute atomic E-state index is 12.3. The molecule has 3 fully saturated rings. The van der Waals surface area contributed by atoms with Crippen LogP contribution < -0.4 is 0 Å². The van der Waals surface area contributed by atoms with Gasteiger partial charge in [-0.25, -0.2) is 0 Å². The smallest absolute Gasteiger partial charge is 0.309 e. The Labute approximate surface area is 145 Å². The number of aliphatic hydroxyl groups is 1. The van der Waals surface area contributed by atoms with Crippen LogP contribution in [0.3, 0.4) is 0 Å². The Morgan fingerprint density at radius 2 is 1.96 bits per heavy atom. The topological polar surface area (TPSA) is 46.5 Å². The predicted octanol–water partition coefficient (Wildman–Crippen LogP) is 4.10. The summed E-state index contributed by atoms with van der Waals surface area (Å²) in [6.07, 6.45) is 11.0. The number of carbonyl (C=O) groups excluding carboxylic acids is 1. The molecule has 0 unspecified atom stereocenters. The summed E-state index contributed by atoms with van der Waals surface area (Å²) < 4.78 is 5.12. The fourth-order valence-electron chi connectivity index (χ4n) is 7.17. The summed E-state index contributed by atoms with van der Waals surface area (Å²) in [5.41, 5.74) is 1.94. The Kier molecular flexibility index (Phi) is 3.87. The van der Waals surface area contributed by atoms with Crippen LogP contribution in [0.5, 0.6) is 0 Å². The molecule has 24 heavy (non-hydrogen) atoms. The number of rotatable bonds is 1. The highest BCUT2D eigenvalue weighted by Crippen LogP contribution is 2.66. The first kappa shape index (κ1) is 16.6. The summed E-state index contributed by atoms with van der Waals surface area (Å²) in [5.74, 6) is 2.21. The molecule has 0 bridgehead atoms. The van der Waals surface area contributed by atoms with Crippen LogP contribution in [0.1, 0.15) is 65.2 Å². The summed E-state index contributed by atoms with van der Waals surface area (Å²) in [6, 6.07) is 0. The number of fused-ring (bicyclic) bond motifs is 5. The second-order valence-corrected chi connectivity index (χ2v) is 9.35. The van der Waals surface area contributed by atoms with Crippen LogP contribution in [0.25, 0.3) is 0 Å². The third-order valence-corrected chi connectivity index (χ3v) is 8.56. The first-order valence-electron chi connectivity index (χ1n) is 9.85. The van der Waals surface area contributed by atoms with Gasteiger partial charge in [0.1, 0.15) is 0 Å². The maximum atomic E-state index is 12.3. The van der Waals surface area contributed by atoms with E-state index >= 15 is 0 Å².